The molecule has 2 heterocycles. The summed E-state index contributed by atoms with van der Waals surface area (Å²) in [5.74, 6) is 7.06. The van der Waals surface area contributed by atoms with E-state index in [-0.39, 0.29) is 5.58 Å². The number of halogens is 1. The van der Waals surface area contributed by atoms with E-state index in [1.807, 2.05) is 19.1 Å². The minimum atomic E-state index is -0.444. The highest BCUT2D eigenvalue weighted by Gasteiger charge is 2.21. The summed E-state index contributed by atoms with van der Waals surface area (Å²) in [6, 6.07) is 9.73. The lowest BCUT2D eigenvalue weighted by atomic mass is 10.1. The van der Waals surface area contributed by atoms with E-state index in [4.69, 9.17) is 14.7 Å². The van der Waals surface area contributed by atoms with Gasteiger partial charge in [0, 0.05) is 5.39 Å². The van der Waals surface area contributed by atoms with E-state index < -0.39 is 11.9 Å². The van der Waals surface area contributed by atoms with Crippen LogP contribution in [0.15, 0.2) is 45.2 Å². The number of para-hydroxylation sites is 1. The quantitative estimate of drug-likeness (QED) is 0.561. The van der Waals surface area contributed by atoms with Crippen molar-refractivity contribution in [2.24, 2.45) is 5.84 Å². The van der Waals surface area contributed by atoms with Crippen LogP contribution in [0.5, 0.6) is 0 Å². The molecule has 0 aliphatic heterocycles. The molecule has 0 aliphatic rings. The lowest BCUT2D eigenvalue weighted by molar-refractivity contribution is 0.391. The Labute approximate surface area is 109 Å². The molecule has 0 saturated heterocycles. The van der Waals surface area contributed by atoms with Crippen LogP contribution in [-0.2, 0) is 0 Å². The molecule has 0 saturated carbocycles. The van der Waals surface area contributed by atoms with E-state index in [0.29, 0.717) is 16.9 Å². The van der Waals surface area contributed by atoms with E-state index in [1.165, 1.54) is 6.07 Å². The Morgan fingerprint density at radius 3 is 2.63 bits per heavy atom. The van der Waals surface area contributed by atoms with Crippen molar-refractivity contribution >= 4 is 11.0 Å². The Bertz CT molecular complexity index is 717. The molecular formula is C14H13FN2O2. The predicted octanol–water partition coefficient (Wildman–Crippen LogP) is 3.03. The number of nitrogens with one attached hydrogen (secondary N) is 1. The van der Waals surface area contributed by atoms with Gasteiger partial charge in [0.2, 0.25) is 0 Å². The molecule has 0 fully saturated rings. The van der Waals surface area contributed by atoms with Gasteiger partial charge in [-0.25, -0.2) is 9.82 Å². The Morgan fingerprint density at radius 2 is 2.00 bits per heavy atom. The Kier molecular flexibility index (Phi) is 2.85. The van der Waals surface area contributed by atoms with Gasteiger partial charge < -0.3 is 8.83 Å². The molecule has 0 radical (unpaired) electrons. The first-order chi connectivity index (χ1) is 9.19. The number of hydrogen-bond donors (Lipinski definition) is 2. The fourth-order valence-electron chi connectivity index (χ4n) is 2.10. The number of hydrazine groups is 1. The van der Waals surface area contributed by atoms with Crippen LogP contribution < -0.4 is 11.3 Å². The number of nitrogens with two attached hydrogens (primary N) is 1. The summed E-state index contributed by atoms with van der Waals surface area (Å²) in [6.45, 7) is 1.84. The Balaban J connectivity index is 2.09. The second-order valence-corrected chi connectivity index (χ2v) is 4.36. The summed E-state index contributed by atoms with van der Waals surface area (Å²) >= 11 is 0. The minimum Gasteiger partial charge on any atom is -0.464 e. The summed E-state index contributed by atoms with van der Waals surface area (Å²) in [7, 11) is 0. The molecule has 0 bridgehead atoms. The van der Waals surface area contributed by atoms with Crippen molar-refractivity contribution in [2.45, 2.75) is 13.0 Å². The molecule has 0 amide bonds. The van der Waals surface area contributed by atoms with Gasteiger partial charge in [-0.05, 0) is 31.2 Å². The lowest BCUT2D eigenvalue weighted by Crippen LogP contribution is -2.28. The molecule has 3 N–H and O–H groups in total. The molecule has 2 aromatic heterocycles. The van der Waals surface area contributed by atoms with E-state index in [2.05, 4.69) is 5.43 Å². The van der Waals surface area contributed by atoms with Crippen molar-refractivity contribution in [3.05, 3.63) is 59.5 Å². The third-order valence-corrected chi connectivity index (χ3v) is 3.01. The van der Waals surface area contributed by atoms with Crippen molar-refractivity contribution < 1.29 is 13.2 Å². The average molecular weight is 260 g/mol. The molecule has 98 valence electrons. The predicted molar refractivity (Wildman–Crippen MR) is 68.8 cm³/mol. The zero-order valence-corrected chi connectivity index (χ0v) is 10.3. The summed E-state index contributed by atoms with van der Waals surface area (Å²) < 4.78 is 24.7. The van der Waals surface area contributed by atoms with Gasteiger partial charge in [-0.15, -0.1) is 0 Å². The van der Waals surface area contributed by atoms with Gasteiger partial charge in [-0.3, -0.25) is 5.84 Å². The first-order valence-corrected chi connectivity index (χ1v) is 5.89. The third kappa shape index (κ3) is 2.03. The number of aryl methyl sites for hydroxylation is 1. The maximum absolute atomic E-state index is 13.6. The van der Waals surface area contributed by atoms with Crippen LogP contribution in [0.25, 0.3) is 11.0 Å². The van der Waals surface area contributed by atoms with Crippen LogP contribution in [0.3, 0.4) is 0 Å². The van der Waals surface area contributed by atoms with Crippen molar-refractivity contribution in [1.82, 2.24) is 5.43 Å². The fourth-order valence-corrected chi connectivity index (χ4v) is 2.10. The Morgan fingerprint density at radius 1 is 1.16 bits per heavy atom. The number of fused-ring (bicyclic) bond motifs is 1. The van der Waals surface area contributed by atoms with Crippen LogP contribution in [0.2, 0.25) is 0 Å². The molecule has 5 heteroatoms. The normalized spacial score (nSPS) is 13.0. The Hall–Kier alpha value is -2.11. The fraction of sp³-hybridized carbons (Fsp3) is 0.143. The van der Waals surface area contributed by atoms with Gasteiger partial charge in [0.1, 0.15) is 23.3 Å². The molecule has 3 aromatic rings. The second-order valence-electron chi connectivity index (χ2n) is 4.36. The van der Waals surface area contributed by atoms with Crippen LogP contribution in [-0.4, -0.2) is 0 Å². The van der Waals surface area contributed by atoms with Crippen molar-refractivity contribution in [1.29, 1.82) is 0 Å². The lowest BCUT2D eigenvalue weighted by Gasteiger charge is -2.09. The van der Waals surface area contributed by atoms with Gasteiger partial charge in [-0.2, -0.15) is 0 Å². The molecule has 19 heavy (non-hydrogen) atoms. The highest BCUT2D eigenvalue weighted by atomic mass is 19.1. The van der Waals surface area contributed by atoms with E-state index >= 15 is 0 Å². The highest BCUT2D eigenvalue weighted by molar-refractivity contribution is 5.78. The smallest absolute Gasteiger partial charge is 0.169 e. The summed E-state index contributed by atoms with van der Waals surface area (Å²) in [5.41, 5.74) is 2.84. The van der Waals surface area contributed by atoms with Gasteiger partial charge in [0.05, 0.1) is 0 Å². The van der Waals surface area contributed by atoms with Crippen molar-refractivity contribution in [2.75, 3.05) is 0 Å². The second kappa shape index (κ2) is 4.53. The average Bonchev–Trinajstić information content (AvgIpc) is 2.98. The van der Waals surface area contributed by atoms with Crippen molar-refractivity contribution in [3.8, 4) is 0 Å². The summed E-state index contributed by atoms with van der Waals surface area (Å²) in [5, 5.41) is 0.693. The molecule has 1 aromatic carbocycles. The molecule has 3 rings (SSSR count). The number of furan rings is 2. The number of rotatable bonds is 3. The standard InChI is InChI=1S/C14H13FN2O2/c1-8-5-6-11(18-8)13(17-16)12-7-9-3-2-4-10(15)14(9)19-12/h2-7,13,17H,16H2,1H3. The largest absolute Gasteiger partial charge is 0.464 e. The highest BCUT2D eigenvalue weighted by Crippen LogP contribution is 2.29. The maximum atomic E-state index is 13.6. The van der Waals surface area contributed by atoms with Crippen molar-refractivity contribution in [3.63, 3.8) is 0 Å². The SMILES string of the molecule is Cc1ccc(C(NN)c2cc3cccc(F)c3o2)o1. The maximum Gasteiger partial charge on any atom is 0.169 e. The van der Waals surface area contributed by atoms with Crippen LogP contribution in [0, 0.1) is 12.7 Å². The minimum absolute atomic E-state index is 0.223. The van der Waals surface area contributed by atoms with Crippen LogP contribution in [0.1, 0.15) is 23.3 Å². The first-order valence-electron chi connectivity index (χ1n) is 5.89. The molecule has 4 nitrogen and oxygen atoms in total. The zero-order chi connectivity index (χ0) is 13.4. The molecule has 1 atom stereocenters. The monoisotopic (exact) mass is 260 g/mol. The summed E-state index contributed by atoms with van der Waals surface area (Å²) in [6.07, 6.45) is 0. The van der Waals surface area contributed by atoms with E-state index in [1.54, 1.807) is 18.2 Å². The van der Waals surface area contributed by atoms with Crippen LogP contribution in [0.4, 0.5) is 4.39 Å². The zero-order valence-electron chi connectivity index (χ0n) is 10.3. The third-order valence-electron chi connectivity index (χ3n) is 3.01. The van der Waals surface area contributed by atoms with E-state index in [9.17, 15) is 4.39 Å². The van der Waals surface area contributed by atoms with Gasteiger partial charge in [0.15, 0.2) is 11.4 Å². The molecule has 1 unspecified atom stereocenters. The van der Waals surface area contributed by atoms with E-state index in [0.717, 1.165) is 5.76 Å². The molecule has 0 aliphatic carbocycles. The van der Waals surface area contributed by atoms with Gasteiger partial charge in [-0.1, -0.05) is 12.1 Å². The summed E-state index contributed by atoms with van der Waals surface area (Å²) in [4.78, 5) is 0. The molecule has 0 spiro atoms. The van der Waals surface area contributed by atoms with Crippen LogP contribution >= 0.6 is 0 Å². The first kappa shape index (κ1) is 12.0. The van der Waals surface area contributed by atoms with Gasteiger partial charge in [0.25, 0.3) is 0 Å². The number of benzene rings is 1. The topological polar surface area (TPSA) is 64.3 Å². The number of hydrogen-bond acceptors (Lipinski definition) is 4. The molecular weight excluding hydrogens is 247 g/mol. The van der Waals surface area contributed by atoms with Gasteiger partial charge >= 0.3 is 0 Å².